The Balaban J connectivity index is 3.09. The molecular formula is C13H20N2O3. The van der Waals surface area contributed by atoms with E-state index in [1.165, 1.54) is 11.1 Å². The number of carbonyl (C=O) groups excluding carboxylic acids is 1. The topological polar surface area (TPSA) is 73.4 Å². The highest BCUT2D eigenvalue weighted by Gasteiger charge is 2.24. The van der Waals surface area contributed by atoms with Gasteiger partial charge in [-0.2, -0.15) is 0 Å². The van der Waals surface area contributed by atoms with E-state index in [0.29, 0.717) is 12.1 Å². The van der Waals surface area contributed by atoms with Crippen LogP contribution < -0.4 is 5.56 Å². The summed E-state index contributed by atoms with van der Waals surface area (Å²) in [5.41, 5.74) is -0.600. The number of nitrogens with one attached hydrogen (secondary N) is 1. The van der Waals surface area contributed by atoms with Gasteiger partial charge in [-0.3, -0.25) is 9.59 Å². The highest BCUT2D eigenvalue weighted by molar-refractivity contribution is 5.95. The van der Waals surface area contributed by atoms with Crippen LogP contribution in [0.5, 0.6) is 0 Å². The quantitative estimate of drug-likeness (QED) is 0.836. The number of pyridine rings is 1. The van der Waals surface area contributed by atoms with E-state index in [1.807, 2.05) is 6.92 Å². The van der Waals surface area contributed by atoms with Crippen molar-refractivity contribution in [1.82, 2.24) is 9.88 Å². The van der Waals surface area contributed by atoms with Gasteiger partial charge in [0.05, 0.1) is 5.60 Å². The summed E-state index contributed by atoms with van der Waals surface area (Å²) in [6.07, 6.45) is 1.51. The molecule has 0 radical (unpaired) electrons. The van der Waals surface area contributed by atoms with Gasteiger partial charge in [0.25, 0.3) is 11.5 Å². The lowest BCUT2D eigenvalue weighted by Crippen LogP contribution is -2.43. The third-order valence-corrected chi connectivity index (χ3v) is 2.63. The molecule has 0 spiro atoms. The maximum absolute atomic E-state index is 12.3. The van der Waals surface area contributed by atoms with E-state index in [4.69, 9.17) is 0 Å². The lowest BCUT2D eigenvalue weighted by Gasteiger charge is -2.28. The molecule has 2 N–H and O–H groups in total. The van der Waals surface area contributed by atoms with Crippen LogP contribution in [-0.4, -0.2) is 39.6 Å². The number of carbonyl (C=O) groups is 1. The van der Waals surface area contributed by atoms with Gasteiger partial charge in [-0.15, -0.1) is 0 Å². The van der Waals surface area contributed by atoms with Crippen LogP contribution in [-0.2, 0) is 0 Å². The van der Waals surface area contributed by atoms with Crippen molar-refractivity contribution >= 4 is 5.91 Å². The highest BCUT2D eigenvalue weighted by atomic mass is 16.3. The largest absolute Gasteiger partial charge is 0.389 e. The summed E-state index contributed by atoms with van der Waals surface area (Å²) in [7, 11) is 0. The molecule has 1 heterocycles. The van der Waals surface area contributed by atoms with Crippen LogP contribution in [0.2, 0.25) is 0 Å². The van der Waals surface area contributed by atoms with E-state index in [1.54, 1.807) is 26.8 Å². The standard InChI is InChI=1S/C13H20N2O3/c1-5-15(8-13(3,4)18)12(17)10-9(2)6-7-14-11(10)16/h6-7,18H,5,8H2,1-4H3,(H,14,16). The zero-order chi connectivity index (χ0) is 13.9. The van der Waals surface area contributed by atoms with Gasteiger partial charge in [0.15, 0.2) is 0 Å². The molecular weight excluding hydrogens is 232 g/mol. The van der Waals surface area contributed by atoms with Gasteiger partial charge in [-0.05, 0) is 39.3 Å². The minimum atomic E-state index is -0.985. The first-order valence-electron chi connectivity index (χ1n) is 5.96. The van der Waals surface area contributed by atoms with E-state index in [2.05, 4.69) is 4.98 Å². The van der Waals surface area contributed by atoms with Crippen LogP contribution in [0.4, 0.5) is 0 Å². The Bertz CT molecular complexity index is 486. The van der Waals surface area contributed by atoms with E-state index in [0.717, 1.165) is 0 Å². The average Bonchev–Trinajstić information content (AvgIpc) is 2.24. The molecule has 1 aromatic heterocycles. The van der Waals surface area contributed by atoms with Crippen molar-refractivity contribution in [2.24, 2.45) is 0 Å². The zero-order valence-corrected chi connectivity index (χ0v) is 11.3. The van der Waals surface area contributed by atoms with Crippen LogP contribution >= 0.6 is 0 Å². The Hall–Kier alpha value is -1.62. The molecule has 0 aliphatic rings. The van der Waals surface area contributed by atoms with Crippen molar-refractivity contribution in [1.29, 1.82) is 0 Å². The smallest absolute Gasteiger partial charge is 0.261 e. The summed E-state index contributed by atoms with van der Waals surface area (Å²) in [5, 5.41) is 9.77. The lowest BCUT2D eigenvalue weighted by atomic mass is 10.1. The molecule has 0 saturated carbocycles. The summed E-state index contributed by atoms with van der Waals surface area (Å²) in [5.74, 6) is -0.348. The second-order valence-electron chi connectivity index (χ2n) is 5.00. The third-order valence-electron chi connectivity index (χ3n) is 2.63. The normalized spacial score (nSPS) is 11.4. The highest BCUT2D eigenvalue weighted by Crippen LogP contribution is 2.10. The number of aliphatic hydroxyl groups is 1. The van der Waals surface area contributed by atoms with Crippen molar-refractivity contribution in [2.75, 3.05) is 13.1 Å². The third kappa shape index (κ3) is 3.43. The van der Waals surface area contributed by atoms with Crippen LogP contribution in [0.25, 0.3) is 0 Å². The molecule has 18 heavy (non-hydrogen) atoms. The van der Waals surface area contributed by atoms with Crippen molar-refractivity contribution in [2.45, 2.75) is 33.3 Å². The summed E-state index contributed by atoms with van der Waals surface area (Å²) in [4.78, 5) is 28.0. The molecule has 1 amide bonds. The molecule has 0 saturated heterocycles. The molecule has 1 aromatic rings. The van der Waals surface area contributed by atoms with E-state index in [-0.39, 0.29) is 18.0 Å². The second kappa shape index (κ2) is 5.35. The molecule has 0 bridgehead atoms. The Labute approximate surface area is 106 Å². The molecule has 100 valence electrons. The number of likely N-dealkylation sites (N-methyl/N-ethyl adjacent to an activating group) is 1. The summed E-state index contributed by atoms with van der Waals surface area (Å²) in [6, 6.07) is 1.69. The van der Waals surface area contributed by atoms with E-state index in [9.17, 15) is 14.7 Å². The number of aromatic nitrogens is 1. The van der Waals surface area contributed by atoms with Gasteiger partial charge in [0, 0.05) is 19.3 Å². The number of rotatable bonds is 4. The molecule has 0 aliphatic carbocycles. The molecule has 0 unspecified atom stereocenters. The molecule has 0 fully saturated rings. The van der Waals surface area contributed by atoms with Gasteiger partial charge in [-0.25, -0.2) is 0 Å². The Morgan fingerprint density at radius 1 is 1.50 bits per heavy atom. The molecule has 1 rings (SSSR count). The van der Waals surface area contributed by atoms with Crippen molar-refractivity contribution in [3.63, 3.8) is 0 Å². The Kier molecular flexibility index (Phi) is 4.29. The number of nitrogens with zero attached hydrogens (tertiary/aromatic N) is 1. The first-order valence-corrected chi connectivity index (χ1v) is 5.96. The monoisotopic (exact) mass is 252 g/mol. The van der Waals surface area contributed by atoms with E-state index < -0.39 is 11.2 Å². The SMILES string of the molecule is CCN(CC(C)(C)O)C(=O)c1c(C)cc[nH]c1=O. The van der Waals surface area contributed by atoms with Gasteiger partial charge in [0.2, 0.25) is 0 Å². The van der Waals surface area contributed by atoms with Crippen LogP contribution in [0, 0.1) is 6.92 Å². The first kappa shape index (κ1) is 14.4. The molecule has 5 heteroatoms. The maximum atomic E-state index is 12.3. The number of amides is 1. The molecule has 5 nitrogen and oxygen atoms in total. The van der Waals surface area contributed by atoms with Gasteiger partial charge in [-0.1, -0.05) is 0 Å². The number of aromatic amines is 1. The summed E-state index contributed by atoms with van der Waals surface area (Å²) < 4.78 is 0. The van der Waals surface area contributed by atoms with Crippen LogP contribution in [0.15, 0.2) is 17.1 Å². The number of hydrogen-bond acceptors (Lipinski definition) is 3. The van der Waals surface area contributed by atoms with Gasteiger partial charge in [0.1, 0.15) is 5.56 Å². The number of H-pyrrole nitrogens is 1. The first-order chi connectivity index (χ1) is 8.26. The fraction of sp³-hybridized carbons (Fsp3) is 0.538. The summed E-state index contributed by atoms with van der Waals surface area (Å²) >= 11 is 0. The molecule has 0 atom stereocenters. The number of aryl methyl sites for hydroxylation is 1. The Morgan fingerprint density at radius 3 is 2.56 bits per heavy atom. The molecule has 0 aromatic carbocycles. The van der Waals surface area contributed by atoms with Gasteiger partial charge < -0.3 is 15.0 Å². The van der Waals surface area contributed by atoms with Crippen LogP contribution in [0.3, 0.4) is 0 Å². The van der Waals surface area contributed by atoms with Gasteiger partial charge >= 0.3 is 0 Å². The summed E-state index contributed by atoms with van der Waals surface area (Å²) in [6.45, 7) is 7.43. The fourth-order valence-corrected chi connectivity index (χ4v) is 1.80. The van der Waals surface area contributed by atoms with Crippen LogP contribution in [0.1, 0.15) is 36.7 Å². The van der Waals surface area contributed by atoms with E-state index >= 15 is 0 Å². The van der Waals surface area contributed by atoms with Crippen molar-refractivity contribution in [3.8, 4) is 0 Å². The predicted octanol–water partition coefficient (Wildman–Crippen LogP) is 0.916. The fourth-order valence-electron chi connectivity index (χ4n) is 1.80. The zero-order valence-electron chi connectivity index (χ0n) is 11.3. The Morgan fingerprint density at radius 2 is 2.11 bits per heavy atom. The second-order valence-corrected chi connectivity index (χ2v) is 5.00. The minimum absolute atomic E-state index is 0.142. The average molecular weight is 252 g/mol. The van der Waals surface area contributed by atoms with Crippen molar-refractivity contribution < 1.29 is 9.90 Å². The predicted molar refractivity (Wildman–Crippen MR) is 69.7 cm³/mol. The number of hydrogen-bond donors (Lipinski definition) is 2. The lowest BCUT2D eigenvalue weighted by molar-refractivity contribution is 0.0313. The minimum Gasteiger partial charge on any atom is -0.389 e. The van der Waals surface area contributed by atoms with Crippen molar-refractivity contribution in [3.05, 3.63) is 33.7 Å². The maximum Gasteiger partial charge on any atom is 0.261 e. The molecule has 0 aliphatic heterocycles.